The van der Waals surface area contributed by atoms with Gasteiger partial charge in [-0.3, -0.25) is 14.5 Å². The maximum absolute atomic E-state index is 13.8. The van der Waals surface area contributed by atoms with E-state index in [2.05, 4.69) is 20.9 Å². The fourth-order valence-corrected chi connectivity index (χ4v) is 5.69. The van der Waals surface area contributed by atoms with E-state index in [1.54, 1.807) is 23.1 Å². The minimum Gasteiger partial charge on any atom is -0.457 e. The van der Waals surface area contributed by atoms with Gasteiger partial charge >= 0.3 is 0 Å². The number of aryl methyl sites for hydroxylation is 2. The third-order valence-corrected chi connectivity index (χ3v) is 7.77. The molecule has 5 aromatic rings. The zero-order valence-corrected chi connectivity index (χ0v) is 21.7. The number of carbonyl (C=O) groups is 1. The lowest BCUT2D eigenvalue weighted by Gasteiger charge is -2.23. The van der Waals surface area contributed by atoms with E-state index < -0.39 is 6.04 Å². The lowest BCUT2D eigenvalue weighted by Crippen LogP contribution is -2.29. The number of hydrogen-bond donors (Lipinski definition) is 0. The van der Waals surface area contributed by atoms with Crippen molar-refractivity contribution in [2.45, 2.75) is 19.9 Å². The maximum Gasteiger partial charge on any atom is 0.297 e. The summed E-state index contributed by atoms with van der Waals surface area (Å²) in [6.45, 7) is 3.87. The molecule has 2 aromatic heterocycles. The Kier molecular flexibility index (Phi) is 5.50. The number of fused-ring (bicyclic) bond motifs is 2. The van der Waals surface area contributed by atoms with Gasteiger partial charge in [-0.05, 0) is 61.9 Å². The molecule has 3 aromatic carbocycles. The number of ether oxygens (including phenoxy) is 1. The molecule has 0 N–H and O–H groups in total. The van der Waals surface area contributed by atoms with Gasteiger partial charge in [0, 0.05) is 9.35 Å². The molecule has 0 aliphatic carbocycles. The summed E-state index contributed by atoms with van der Waals surface area (Å²) in [5.41, 5.74) is 1.99. The Balaban J connectivity index is 1.56. The fourth-order valence-electron chi connectivity index (χ4n) is 4.39. The van der Waals surface area contributed by atoms with E-state index in [1.165, 1.54) is 11.3 Å². The number of benzene rings is 3. The molecule has 0 saturated carbocycles. The summed E-state index contributed by atoms with van der Waals surface area (Å²) in [5.74, 6) is 0.940. The summed E-state index contributed by atoms with van der Waals surface area (Å²) >= 11 is 4.85. The van der Waals surface area contributed by atoms with Crippen molar-refractivity contribution >= 4 is 49.3 Å². The number of carbonyl (C=O) groups excluding carboxylic acids is 1. The predicted molar refractivity (Wildman–Crippen MR) is 143 cm³/mol. The van der Waals surface area contributed by atoms with Crippen LogP contribution in [0.25, 0.3) is 11.0 Å². The largest absolute Gasteiger partial charge is 0.457 e. The van der Waals surface area contributed by atoms with Crippen molar-refractivity contribution in [1.29, 1.82) is 0 Å². The van der Waals surface area contributed by atoms with Crippen LogP contribution in [0.4, 0.5) is 5.13 Å². The summed E-state index contributed by atoms with van der Waals surface area (Å²) in [5, 5.41) is 0.927. The average Bonchev–Trinajstić information content (AvgIpc) is 3.36. The summed E-state index contributed by atoms with van der Waals surface area (Å²) in [7, 11) is 0. The molecule has 1 atom stereocenters. The van der Waals surface area contributed by atoms with Crippen LogP contribution in [-0.2, 0) is 0 Å². The van der Waals surface area contributed by atoms with Crippen LogP contribution >= 0.6 is 27.3 Å². The van der Waals surface area contributed by atoms with Gasteiger partial charge in [0.2, 0.25) is 5.76 Å². The first-order chi connectivity index (χ1) is 17.4. The number of amides is 1. The second kappa shape index (κ2) is 8.72. The van der Waals surface area contributed by atoms with Crippen LogP contribution in [0.15, 0.2) is 86.5 Å². The molecular weight excluding hydrogens is 540 g/mol. The third kappa shape index (κ3) is 3.73. The Morgan fingerprint density at radius 1 is 0.972 bits per heavy atom. The molecule has 1 aliphatic heterocycles. The molecule has 0 spiro atoms. The molecule has 0 saturated heterocycles. The van der Waals surface area contributed by atoms with Gasteiger partial charge < -0.3 is 9.15 Å². The quantitative estimate of drug-likeness (QED) is 0.234. The van der Waals surface area contributed by atoms with Crippen molar-refractivity contribution < 1.29 is 13.9 Å². The molecule has 8 heteroatoms. The van der Waals surface area contributed by atoms with E-state index in [9.17, 15) is 9.59 Å². The van der Waals surface area contributed by atoms with Crippen molar-refractivity contribution in [3.63, 3.8) is 0 Å². The predicted octanol–water partition coefficient (Wildman–Crippen LogP) is 7.17. The summed E-state index contributed by atoms with van der Waals surface area (Å²) in [6.07, 6.45) is 0. The van der Waals surface area contributed by atoms with Gasteiger partial charge in [-0.25, -0.2) is 4.98 Å². The first kappa shape index (κ1) is 22.7. The minimum atomic E-state index is -0.712. The topological polar surface area (TPSA) is 72.6 Å². The normalized spacial score (nSPS) is 14.9. The molecule has 0 radical (unpaired) electrons. The molecule has 3 heterocycles. The molecular formula is C28H19BrN2O4S. The Morgan fingerprint density at radius 2 is 1.75 bits per heavy atom. The Morgan fingerprint density at radius 3 is 2.50 bits per heavy atom. The van der Waals surface area contributed by atoms with Gasteiger partial charge in [0.05, 0.1) is 22.7 Å². The van der Waals surface area contributed by atoms with E-state index in [0.29, 0.717) is 33.2 Å². The van der Waals surface area contributed by atoms with E-state index in [4.69, 9.17) is 9.15 Å². The molecule has 1 amide bonds. The molecule has 0 fully saturated rings. The van der Waals surface area contributed by atoms with Gasteiger partial charge in [-0.15, -0.1) is 11.3 Å². The fraction of sp³-hybridized carbons (Fsp3) is 0.107. The van der Waals surface area contributed by atoms with Crippen molar-refractivity contribution in [1.82, 2.24) is 4.98 Å². The van der Waals surface area contributed by atoms with Crippen LogP contribution in [0.5, 0.6) is 11.5 Å². The monoisotopic (exact) mass is 558 g/mol. The molecule has 36 heavy (non-hydrogen) atoms. The molecule has 1 aliphatic rings. The highest BCUT2D eigenvalue weighted by Gasteiger charge is 2.45. The number of hydrogen-bond acceptors (Lipinski definition) is 6. The van der Waals surface area contributed by atoms with Gasteiger partial charge in [0.25, 0.3) is 5.91 Å². The van der Waals surface area contributed by atoms with E-state index >= 15 is 0 Å². The standard InChI is InChI=1S/C28H19BrN2O4S/c1-15-16(2)36-28(30-15)31-24(17-7-6-10-20(13-17)34-19-8-4-3-5-9-19)23-25(32)21-14-18(29)11-12-22(21)35-26(23)27(31)33/h3-14,24H,1-2H3. The van der Waals surface area contributed by atoms with Gasteiger partial charge in [0.1, 0.15) is 17.1 Å². The first-order valence-electron chi connectivity index (χ1n) is 11.3. The molecule has 1 unspecified atom stereocenters. The molecule has 6 nitrogen and oxygen atoms in total. The highest BCUT2D eigenvalue weighted by molar-refractivity contribution is 9.10. The zero-order chi connectivity index (χ0) is 25.0. The number of halogens is 1. The van der Waals surface area contributed by atoms with Crippen LogP contribution in [0.3, 0.4) is 0 Å². The number of thiazole rings is 1. The maximum atomic E-state index is 13.8. The molecule has 6 rings (SSSR count). The summed E-state index contributed by atoms with van der Waals surface area (Å²) in [4.78, 5) is 34.8. The lowest BCUT2D eigenvalue weighted by molar-refractivity contribution is 0.0971. The average molecular weight is 559 g/mol. The van der Waals surface area contributed by atoms with Crippen LogP contribution in [0.1, 0.15) is 38.3 Å². The molecule has 178 valence electrons. The lowest BCUT2D eigenvalue weighted by atomic mass is 9.98. The van der Waals surface area contributed by atoms with E-state index in [-0.39, 0.29) is 17.1 Å². The number of anilines is 1. The second-order valence-electron chi connectivity index (χ2n) is 8.52. The van der Waals surface area contributed by atoms with Gasteiger partial charge in [0.15, 0.2) is 10.6 Å². The van der Waals surface area contributed by atoms with Gasteiger partial charge in [-0.2, -0.15) is 0 Å². The number of nitrogens with zero attached hydrogens (tertiary/aromatic N) is 2. The van der Waals surface area contributed by atoms with Crippen molar-refractivity contribution in [2.24, 2.45) is 0 Å². The van der Waals surface area contributed by atoms with Crippen LogP contribution in [0, 0.1) is 13.8 Å². The van der Waals surface area contributed by atoms with Crippen LogP contribution < -0.4 is 15.1 Å². The first-order valence-corrected chi connectivity index (χ1v) is 12.9. The Hall–Kier alpha value is -3.75. The summed E-state index contributed by atoms with van der Waals surface area (Å²) < 4.78 is 12.9. The van der Waals surface area contributed by atoms with E-state index in [1.807, 2.05) is 68.4 Å². The molecule has 0 bridgehead atoms. The zero-order valence-electron chi connectivity index (χ0n) is 19.3. The van der Waals surface area contributed by atoms with Crippen molar-refractivity contribution in [2.75, 3.05) is 4.90 Å². The van der Waals surface area contributed by atoms with Crippen molar-refractivity contribution in [3.8, 4) is 11.5 Å². The van der Waals surface area contributed by atoms with Crippen LogP contribution in [0.2, 0.25) is 0 Å². The Bertz CT molecular complexity index is 1690. The SMILES string of the molecule is Cc1nc(N2C(=O)c3oc4ccc(Br)cc4c(=O)c3C2c2cccc(Oc3ccccc3)c2)sc1C. The third-order valence-electron chi connectivity index (χ3n) is 6.21. The Labute approximate surface area is 218 Å². The highest BCUT2D eigenvalue weighted by Crippen LogP contribution is 2.43. The van der Waals surface area contributed by atoms with Crippen LogP contribution in [-0.4, -0.2) is 10.9 Å². The summed E-state index contributed by atoms with van der Waals surface area (Å²) in [6, 6.07) is 21.4. The number of para-hydroxylation sites is 1. The second-order valence-corrected chi connectivity index (χ2v) is 10.6. The minimum absolute atomic E-state index is 0.0414. The number of rotatable bonds is 4. The van der Waals surface area contributed by atoms with E-state index in [0.717, 1.165) is 20.6 Å². The smallest absolute Gasteiger partial charge is 0.297 e. The van der Waals surface area contributed by atoms with Gasteiger partial charge in [-0.1, -0.05) is 46.3 Å². The van der Waals surface area contributed by atoms with Crippen molar-refractivity contribution in [3.05, 3.63) is 115 Å². The highest BCUT2D eigenvalue weighted by atomic mass is 79.9. The number of aromatic nitrogens is 1.